The van der Waals surface area contributed by atoms with E-state index < -0.39 is 0 Å². The molecular weight excluding hydrogens is 442 g/mol. The molecule has 0 spiro atoms. The van der Waals surface area contributed by atoms with Crippen molar-refractivity contribution < 1.29 is 14.3 Å². The number of ether oxygens (including phenoxy) is 2. The summed E-state index contributed by atoms with van der Waals surface area (Å²) in [6, 6.07) is 24.2. The molecule has 5 heteroatoms. The summed E-state index contributed by atoms with van der Waals surface area (Å²) in [6.07, 6.45) is 4.73. The van der Waals surface area contributed by atoms with E-state index in [0.29, 0.717) is 18.1 Å². The van der Waals surface area contributed by atoms with Crippen LogP contribution in [0.5, 0.6) is 11.5 Å². The summed E-state index contributed by atoms with van der Waals surface area (Å²) >= 11 is 1.79. The molecule has 0 radical (unpaired) electrons. The first-order valence-corrected chi connectivity index (χ1v) is 13.1. The molecular formula is C29H33NO3S. The van der Waals surface area contributed by atoms with Gasteiger partial charge in [-0.2, -0.15) is 0 Å². The number of hydrogen-bond acceptors (Lipinski definition) is 4. The maximum absolute atomic E-state index is 13.3. The Morgan fingerprint density at radius 3 is 2.50 bits per heavy atom. The quantitative estimate of drug-likeness (QED) is 0.299. The minimum absolute atomic E-state index is 0.0335. The lowest BCUT2D eigenvalue weighted by atomic mass is 10.0. The van der Waals surface area contributed by atoms with E-state index >= 15 is 0 Å². The average molecular weight is 476 g/mol. The Balaban J connectivity index is 1.45. The number of thioether (sulfide) groups is 1. The van der Waals surface area contributed by atoms with Gasteiger partial charge in [-0.05, 0) is 53.8 Å². The number of aryl methyl sites for hydroxylation is 1. The molecule has 0 bridgehead atoms. The first-order chi connectivity index (χ1) is 16.7. The maximum atomic E-state index is 13.3. The van der Waals surface area contributed by atoms with Crippen LogP contribution in [0.3, 0.4) is 0 Å². The van der Waals surface area contributed by atoms with Crippen molar-refractivity contribution in [2.75, 3.05) is 19.4 Å². The van der Waals surface area contributed by atoms with Crippen LogP contribution in [0.15, 0.2) is 72.8 Å². The third-order valence-corrected chi connectivity index (χ3v) is 7.39. The summed E-state index contributed by atoms with van der Waals surface area (Å²) in [6.45, 7) is 3.43. The fourth-order valence-electron chi connectivity index (χ4n) is 4.21. The summed E-state index contributed by atoms with van der Waals surface area (Å²) in [5, 5.41) is -0.0335. The molecule has 3 aromatic carbocycles. The first kappa shape index (κ1) is 24.2. The molecule has 1 aliphatic heterocycles. The highest BCUT2D eigenvalue weighted by molar-refractivity contribution is 7.99. The second kappa shape index (κ2) is 12.0. The van der Waals surface area contributed by atoms with E-state index in [-0.39, 0.29) is 11.3 Å². The Morgan fingerprint density at radius 2 is 1.76 bits per heavy atom. The van der Waals surface area contributed by atoms with Crippen molar-refractivity contribution in [1.82, 2.24) is 4.90 Å². The minimum Gasteiger partial charge on any atom is -0.493 e. The normalized spacial score (nSPS) is 15.4. The van der Waals surface area contributed by atoms with Crippen molar-refractivity contribution in [3.8, 4) is 11.5 Å². The number of carbonyl (C=O) groups excluding carboxylic acids is 1. The molecule has 0 saturated carbocycles. The predicted molar refractivity (Wildman–Crippen MR) is 140 cm³/mol. The van der Waals surface area contributed by atoms with Crippen LogP contribution in [0.2, 0.25) is 0 Å². The van der Waals surface area contributed by atoms with Gasteiger partial charge in [0, 0.05) is 17.9 Å². The van der Waals surface area contributed by atoms with Crippen LogP contribution >= 0.6 is 11.8 Å². The zero-order valence-corrected chi connectivity index (χ0v) is 20.9. The molecule has 3 aromatic rings. The molecule has 1 atom stereocenters. The monoisotopic (exact) mass is 475 g/mol. The molecule has 4 rings (SSSR count). The van der Waals surface area contributed by atoms with Gasteiger partial charge in [0.25, 0.3) is 5.91 Å². The van der Waals surface area contributed by atoms with Gasteiger partial charge in [-0.3, -0.25) is 4.79 Å². The van der Waals surface area contributed by atoms with Crippen LogP contribution in [0.25, 0.3) is 0 Å². The number of amides is 1. The lowest BCUT2D eigenvalue weighted by Gasteiger charge is -2.25. The van der Waals surface area contributed by atoms with Crippen molar-refractivity contribution in [2.24, 2.45) is 0 Å². The highest BCUT2D eigenvalue weighted by atomic mass is 32.2. The van der Waals surface area contributed by atoms with Crippen molar-refractivity contribution in [3.05, 3.63) is 95.1 Å². The molecule has 1 saturated heterocycles. The van der Waals surface area contributed by atoms with Gasteiger partial charge in [-0.25, -0.2) is 0 Å². The summed E-state index contributed by atoms with van der Waals surface area (Å²) in [5.74, 6) is 2.39. The standard InChI is InChI=1S/C29H33NO3S/c1-3-4-6-9-22-12-14-24(15-13-22)28(31)30-18-19-34-29(30)25-16-17-26(27(20-25)32-2)33-21-23-10-7-5-8-11-23/h5,7-8,10-17,20,29H,3-4,6,9,18-19,21H2,1-2H3. The van der Waals surface area contributed by atoms with Crippen LogP contribution in [0.4, 0.5) is 0 Å². The molecule has 34 heavy (non-hydrogen) atoms. The molecule has 0 aliphatic carbocycles. The molecule has 1 unspecified atom stereocenters. The van der Waals surface area contributed by atoms with E-state index in [2.05, 4.69) is 19.1 Å². The van der Waals surface area contributed by atoms with Crippen LogP contribution < -0.4 is 9.47 Å². The van der Waals surface area contributed by atoms with E-state index in [4.69, 9.17) is 9.47 Å². The van der Waals surface area contributed by atoms with Crippen LogP contribution in [0, 0.1) is 0 Å². The lowest BCUT2D eigenvalue weighted by molar-refractivity contribution is 0.0760. The highest BCUT2D eigenvalue weighted by Gasteiger charge is 2.32. The second-order valence-corrected chi connectivity index (χ2v) is 9.75. The largest absolute Gasteiger partial charge is 0.493 e. The number of carbonyl (C=O) groups is 1. The highest BCUT2D eigenvalue weighted by Crippen LogP contribution is 2.41. The van der Waals surface area contributed by atoms with Gasteiger partial charge < -0.3 is 14.4 Å². The molecule has 1 heterocycles. The van der Waals surface area contributed by atoms with Gasteiger partial charge in [0.15, 0.2) is 11.5 Å². The topological polar surface area (TPSA) is 38.8 Å². The van der Waals surface area contributed by atoms with Crippen molar-refractivity contribution >= 4 is 17.7 Å². The van der Waals surface area contributed by atoms with Gasteiger partial charge in [0.2, 0.25) is 0 Å². The number of hydrogen-bond donors (Lipinski definition) is 0. The zero-order chi connectivity index (χ0) is 23.8. The SMILES string of the molecule is CCCCCc1ccc(C(=O)N2CCSC2c2ccc(OCc3ccccc3)c(OC)c2)cc1. The molecule has 4 nitrogen and oxygen atoms in total. The molecule has 0 aromatic heterocycles. The molecule has 1 aliphatic rings. The molecule has 1 fully saturated rings. The average Bonchev–Trinajstić information content (AvgIpc) is 3.38. The van der Waals surface area contributed by atoms with Crippen LogP contribution in [-0.4, -0.2) is 30.2 Å². The summed E-state index contributed by atoms with van der Waals surface area (Å²) < 4.78 is 11.6. The van der Waals surface area contributed by atoms with Crippen LogP contribution in [0.1, 0.15) is 58.6 Å². The predicted octanol–water partition coefficient (Wildman–Crippen LogP) is 6.89. The first-order valence-electron chi connectivity index (χ1n) is 12.1. The van der Waals surface area contributed by atoms with Crippen LogP contribution in [-0.2, 0) is 13.0 Å². The maximum Gasteiger partial charge on any atom is 0.255 e. The fourth-order valence-corrected chi connectivity index (χ4v) is 5.45. The number of rotatable bonds is 10. The number of unbranched alkanes of at least 4 members (excludes halogenated alkanes) is 2. The molecule has 1 amide bonds. The van der Waals surface area contributed by atoms with Gasteiger partial charge in [-0.15, -0.1) is 11.8 Å². The Morgan fingerprint density at radius 1 is 0.971 bits per heavy atom. The van der Waals surface area contributed by atoms with Crippen molar-refractivity contribution in [1.29, 1.82) is 0 Å². The Labute approximate surface area is 207 Å². The Bertz CT molecular complexity index is 1070. The third-order valence-electron chi connectivity index (χ3n) is 6.13. The third kappa shape index (κ3) is 5.95. The van der Waals surface area contributed by atoms with E-state index in [9.17, 15) is 4.79 Å². The summed E-state index contributed by atoms with van der Waals surface area (Å²) in [7, 11) is 1.65. The van der Waals surface area contributed by atoms with E-state index in [1.807, 2.05) is 65.6 Å². The number of nitrogens with zero attached hydrogens (tertiary/aromatic N) is 1. The smallest absolute Gasteiger partial charge is 0.255 e. The fraction of sp³-hybridized carbons (Fsp3) is 0.345. The molecule has 178 valence electrons. The van der Waals surface area contributed by atoms with Gasteiger partial charge in [-0.1, -0.05) is 68.3 Å². The van der Waals surface area contributed by atoms with E-state index in [1.165, 1.54) is 24.8 Å². The molecule has 0 N–H and O–H groups in total. The summed E-state index contributed by atoms with van der Waals surface area (Å²) in [4.78, 5) is 15.3. The number of benzene rings is 3. The number of methoxy groups -OCH3 is 1. The van der Waals surface area contributed by atoms with Crippen molar-refractivity contribution in [2.45, 2.75) is 44.6 Å². The van der Waals surface area contributed by atoms with Gasteiger partial charge in [0.1, 0.15) is 12.0 Å². The van der Waals surface area contributed by atoms with E-state index in [1.54, 1.807) is 18.9 Å². The Kier molecular flexibility index (Phi) is 8.53. The Hall–Kier alpha value is -2.92. The lowest BCUT2D eigenvalue weighted by Crippen LogP contribution is -2.30. The summed E-state index contributed by atoms with van der Waals surface area (Å²) in [5.41, 5.74) is 4.21. The van der Waals surface area contributed by atoms with Crippen molar-refractivity contribution in [3.63, 3.8) is 0 Å². The van der Waals surface area contributed by atoms with Gasteiger partial charge >= 0.3 is 0 Å². The van der Waals surface area contributed by atoms with Gasteiger partial charge in [0.05, 0.1) is 7.11 Å². The zero-order valence-electron chi connectivity index (χ0n) is 20.0. The van der Waals surface area contributed by atoms with E-state index in [0.717, 1.165) is 35.4 Å². The minimum atomic E-state index is -0.0335. The second-order valence-electron chi connectivity index (χ2n) is 8.56.